The summed E-state index contributed by atoms with van der Waals surface area (Å²) in [5, 5.41) is 7.12. The predicted molar refractivity (Wildman–Crippen MR) is 108 cm³/mol. The van der Waals surface area contributed by atoms with E-state index in [9.17, 15) is 13.2 Å². The minimum Gasteiger partial charge on any atom is -0.475 e. The molecule has 0 spiro atoms. The fourth-order valence-electron chi connectivity index (χ4n) is 3.92. The average molecular weight is 456 g/mol. The van der Waals surface area contributed by atoms with Crippen molar-refractivity contribution in [3.63, 3.8) is 0 Å². The van der Waals surface area contributed by atoms with Crippen LogP contribution in [0.2, 0.25) is 0 Å². The van der Waals surface area contributed by atoms with Crippen molar-refractivity contribution in [3.05, 3.63) is 53.7 Å². The highest BCUT2D eigenvalue weighted by Gasteiger charge is 2.44. The molecule has 0 unspecified atom stereocenters. The first-order chi connectivity index (χ1) is 15.3. The number of hydrogen-bond donors (Lipinski definition) is 1. The number of rotatable bonds is 6. The Morgan fingerprint density at radius 3 is 2.69 bits per heavy atom. The van der Waals surface area contributed by atoms with Gasteiger partial charge in [0.05, 0.1) is 19.3 Å². The van der Waals surface area contributed by atoms with Crippen LogP contribution in [0.5, 0.6) is 0 Å². The molecular formula is C22H27F3N2O5. The van der Waals surface area contributed by atoms with Gasteiger partial charge in [0.25, 0.3) is 0 Å². The van der Waals surface area contributed by atoms with Crippen molar-refractivity contribution in [2.75, 3.05) is 13.2 Å². The van der Waals surface area contributed by atoms with Gasteiger partial charge < -0.3 is 19.0 Å². The van der Waals surface area contributed by atoms with Gasteiger partial charge in [-0.2, -0.15) is 13.2 Å². The van der Waals surface area contributed by atoms with Gasteiger partial charge in [-0.1, -0.05) is 13.0 Å². The van der Waals surface area contributed by atoms with Gasteiger partial charge in [-0.05, 0) is 36.6 Å². The normalized spacial score (nSPS) is 23.3. The Labute approximate surface area is 184 Å². The summed E-state index contributed by atoms with van der Waals surface area (Å²) in [6.45, 7) is 5.25. The fourth-order valence-corrected chi connectivity index (χ4v) is 3.92. The second kappa shape index (κ2) is 10.9. The number of aromatic nitrogens is 1. The van der Waals surface area contributed by atoms with E-state index < -0.39 is 12.1 Å². The molecule has 2 aromatic heterocycles. The smallest absolute Gasteiger partial charge is 0.475 e. The number of aryl methyl sites for hydroxylation is 1. The molecule has 4 heterocycles. The highest BCUT2D eigenvalue weighted by atomic mass is 19.4. The number of carbonyl (C=O) groups is 1. The molecule has 2 aromatic rings. The van der Waals surface area contributed by atoms with Crippen LogP contribution in [0.15, 0.2) is 41.1 Å². The van der Waals surface area contributed by atoms with Crippen molar-refractivity contribution >= 4 is 5.97 Å². The van der Waals surface area contributed by atoms with Gasteiger partial charge in [0.15, 0.2) is 0 Å². The number of carboxylic acids is 1. The van der Waals surface area contributed by atoms with E-state index in [1.807, 2.05) is 18.3 Å². The molecule has 3 atom stereocenters. The third-order valence-corrected chi connectivity index (χ3v) is 5.44. The lowest BCUT2D eigenvalue weighted by Crippen LogP contribution is -2.41. The SMILES string of the molecule is CCc1ccc(CN2C[C@@H](OCc3cccnc3)[C@H]3OCCC[C@H]32)o1.O=C(O)C(F)(F)F. The van der Waals surface area contributed by atoms with Crippen molar-refractivity contribution < 1.29 is 37.0 Å². The Bertz CT molecular complexity index is 859. The van der Waals surface area contributed by atoms with Gasteiger partial charge >= 0.3 is 12.1 Å². The van der Waals surface area contributed by atoms with Crippen LogP contribution in [0.4, 0.5) is 13.2 Å². The molecule has 0 radical (unpaired) electrons. The standard InChI is InChI=1S/C20H26N2O3.C2HF3O2/c1-2-16-7-8-17(25-16)12-22-13-19(20-18(22)6-4-10-23-20)24-14-15-5-3-9-21-11-15;3-2(4,5)1(6)7/h3,5,7-9,11,18-20H,2,4,6,10,12-14H2,1H3;(H,6,7)/t18-,19-,20+;/m1./s1. The molecule has 0 amide bonds. The Morgan fingerprint density at radius 1 is 1.31 bits per heavy atom. The van der Waals surface area contributed by atoms with Gasteiger partial charge in [0.2, 0.25) is 0 Å². The predicted octanol–water partition coefficient (Wildman–Crippen LogP) is 3.82. The van der Waals surface area contributed by atoms with Crippen molar-refractivity contribution in [2.45, 2.75) is 63.8 Å². The average Bonchev–Trinajstić information content (AvgIpc) is 3.38. The van der Waals surface area contributed by atoms with E-state index >= 15 is 0 Å². The molecule has 0 aromatic carbocycles. The number of fused-ring (bicyclic) bond motifs is 1. The van der Waals surface area contributed by atoms with Gasteiger partial charge in [-0.3, -0.25) is 9.88 Å². The molecule has 2 fully saturated rings. The van der Waals surface area contributed by atoms with Gasteiger partial charge in [0, 0.05) is 38.0 Å². The van der Waals surface area contributed by atoms with Crippen LogP contribution in [-0.4, -0.2) is 58.5 Å². The zero-order valence-corrected chi connectivity index (χ0v) is 17.8. The minimum atomic E-state index is -5.08. The Balaban J connectivity index is 0.000000360. The van der Waals surface area contributed by atoms with Gasteiger partial charge in [0.1, 0.15) is 17.6 Å². The van der Waals surface area contributed by atoms with E-state index in [0.29, 0.717) is 12.6 Å². The molecule has 176 valence electrons. The molecular weight excluding hydrogens is 429 g/mol. The minimum absolute atomic E-state index is 0.103. The van der Waals surface area contributed by atoms with E-state index in [4.69, 9.17) is 23.8 Å². The number of furan rings is 1. The number of halogens is 3. The quantitative estimate of drug-likeness (QED) is 0.707. The highest BCUT2D eigenvalue weighted by Crippen LogP contribution is 2.32. The largest absolute Gasteiger partial charge is 0.490 e. The van der Waals surface area contributed by atoms with E-state index in [2.05, 4.69) is 28.9 Å². The Hall–Kier alpha value is -2.43. The number of alkyl halides is 3. The van der Waals surface area contributed by atoms with Crippen molar-refractivity contribution in [1.29, 1.82) is 0 Å². The second-order valence-electron chi connectivity index (χ2n) is 7.71. The Morgan fingerprint density at radius 2 is 2.06 bits per heavy atom. The first-order valence-electron chi connectivity index (χ1n) is 10.5. The number of ether oxygens (including phenoxy) is 2. The van der Waals surface area contributed by atoms with Crippen LogP contribution in [-0.2, 0) is 33.8 Å². The second-order valence-corrected chi connectivity index (χ2v) is 7.71. The van der Waals surface area contributed by atoms with Crippen LogP contribution < -0.4 is 0 Å². The van der Waals surface area contributed by atoms with E-state index in [1.54, 1.807) is 6.20 Å². The number of likely N-dealkylation sites (tertiary alicyclic amines) is 1. The van der Waals surface area contributed by atoms with Crippen LogP contribution in [0.25, 0.3) is 0 Å². The zero-order chi connectivity index (χ0) is 23.1. The maximum absolute atomic E-state index is 10.6. The number of hydrogen-bond acceptors (Lipinski definition) is 6. The lowest BCUT2D eigenvalue weighted by Gasteiger charge is -2.32. The fraction of sp³-hybridized carbons (Fsp3) is 0.545. The zero-order valence-electron chi connectivity index (χ0n) is 17.8. The summed E-state index contributed by atoms with van der Waals surface area (Å²) in [5.41, 5.74) is 1.10. The number of aliphatic carboxylic acids is 1. The maximum Gasteiger partial charge on any atom is 0.490 e. The number of nitrogens with zero attached hydrogens (tertiary/aromatic N) is 2. The summed E-state index contributed by atoms with van der Waals surface area (Å²) in [4.78, 5) is 15.5. The molecule has 2 aliphatic rings. The molecule has 0 aliphatic carbocycles. The molecule has 1 N–H and O–H groups in total. The number of pyridine rings is 1. The first kappa shape index (κ1) is 24.2. The maximum atomic E-state index is 10.6. The third kappa shape index (κ3) is 6.54. The van der Waals surface area contributed by atoms with Crippen LogP contribution in [0, 0.1) is 0 Å². The Kier molecular flexibility index (Phi) is 8.27. The summed E-state index contributed by atoms with van der Waals surface area (Å²) in [7, 11) is 0. The van der Waals surface area contributed by atoms with Crippen molar-refractivity contribution in [3.8, 4) is 0 Å². The lowest BCUT2D eigenvalue weighted by molar-refractivity contribution is -0.192. The van der Waals surface area contributed by atoms with Crippen LogP contribution >= 0.6 is 0 Å². The summed E-state index contributed by atoms with van der Waals surface area (Å²) in [6, 6.07) is 8.59. The molecule has 32 heavy (non-hydrogen) atoms. The van der Waals surface area contributed by atoms with E-state index in [1.165, 1.54) is 6.42 Å². The summed E-state index contributed by atoms with van der Waals surface area (Å²) >= 11 is 0. The molecule has 2 aliphatic heterocycles. The molecule has 10 heteroatoms. The van der Waals surface area contributed by atoms with E-state index in [0.717, 1.165) is 49.6 Å². The molecule has 0 bridgehead atoms. The van der Waals surface area contributed by atoms with Crippen LogP contribution in [0.3, 0.4) is 0 Å². The van der Waals surface area contributed by atoms with Crippen molar-refractivity contribution in [1.82, 2.24) is 9.88 Å². The molecule has 4 rings (SSSR count). The van der Waals surface area contributed by atoms with Crippen LogP contribution in [0.1, 0.15) is 36.8 Å². The highest BCUT2D eigenvalue weighted by molar-refractivity contribution is 5.73. The third-order valence-electron chi connectivity index (χ3n) is 5.44. The van der Waals surface area contributed by atoms with Gasteiger partial charge in [-0.25, -0.2) is 4.79 Å². The molecule has 2 saturated heterocycles. The van der Waals surface area contributed by atoms with Crippen molar-refractivity contribution in [2.24, 2.45) is 0 Å². The summed E-state index contributed by atoms with van der Waals surface area (Å²) in [5.74, 6) is -0.670. The van der Waals surface area contributed by atoms with Gasteiger partial charge in [-0.15, -0.1) is 0 Å². The summed E-state index contributed by atoms with van der Waals surface area (Å²) < 4.78 is 49.9. The lowest BCUT2D eigenvalue weighted by atomic mass is 10.0. The first-order valence-corrected chi connectivity index (χ1v) is 10.5. The monoisotopic (exact) mass is 456 g/mol. The summed E-state index contributed by atoms with van der Waals surface area (Å²) in [6.07, 6.45) is 2.05. The topological polar surface area (TPSA) is 85.0 Å². The number of carboxylic acid groups (broad SMARTS) is 1. The molecule has 7 nitrogen and oxygen atoms in total. The van der Waals surface area contributed by atoms with E-state index in [-0.39, 0.29) is 12.2 Å². The molecule has 0 saturated carbocycles.